The van der Waals surface area contributed by atoms with E-state index in [4.69, 9.17) is 9.47 Å². The molecular weight excluding hydrogens is 264 g/mol. The number of rotatable bonds is 4. The monoisotopic (exact) mass is 288 g/mol. The Bertz CT molecular complexity index is 509. The van der Waals surface area contributed by atoms with Crippen LogP contribution in [0.4, 0.5) is 0 Å². The Balaban J connectivity index is 2.24. The zero-order chi connectivity index (χ0) is 15.5. The molecule has 0 bridgehead atoms. The highest BCUT2D eigenvalue weighted by atomic mass is 16.7. The maximum absolute atomic E-state index is 9.38. The average molecular weight is 288 g/mol. The highest BCUT2D eigenvalue weighted by molar-refractivity contribution is 5.21. The fourth-order valence-electron chi connectivity index (χ4n) is 2.48. The van der Waals surface area contributed by atoms with Crippen LogP contribution >= 0.6 is 0 Å². The number of hydrogen-bond donors (Lipinski definition) is 1. The molecule has 1 aromatic carbocycles. The van der Waals surface area contributed by atoms with Gasteiger partial charge in [0.2, 0.25) is 0 Å². The lowest BCUT2D eigenvalue weighted by molar-refractivity contribution is -0.286. The van der Waals surface area contributed by atoms with Gasteiger partial charge in [-0.2, -0.15) is 5.26 Å². The van der Waals surface area contributed by atoms with Crippen molar-refractivity contribution in [3.8, 4) is 6.07 Å². The van der Waals surface area contributed by atoms with Crippen molar-refractivity contribution >= 4 is 0 Å². The summed E-state index contributed by atoms with van der Waals surface area (Å²) >= 11 is 0. The third-order valence-electron chi connectivity index (χ3n) is 3.97. The van der Waals surface area contributed by atoms with Crippen LogP contribution < -0.4 is 5.32 Å². The van der Waals surface area contributed by atoms with Crippen LogP contribution in [0.25, 0.3) is 0 Å². The second-order valence-corrected chi connectivity index (χ2v) is 6.21. The molecule has 0 unspecified atom stereocenters. The lowest BCUT2D eigenvalue weighted by atomic mass is 9.95. The summed E-state index contributed by atoms with van der Waals surface area (Å²) in [7, 11) is 0. The average Bonchev–Trinajstić information content (AvgIpc) is 2.49. The molecule has 0 spiro atoms. The molecule has 1 aromatic rings. The molecule has 0 saturated carbocycles. The largest absolute Gasteiger partial charge is 0.349 e. The lowest BCUT2D eigenvalue weighted by Gasteiger charge is -2.43. The fraction of sp³-hybridized carbons (Fsp3) is 0.588. The van der Waals surface area contributed by atoms with Crippen molar-refractivity contribution in [1.82, 2.24) is 5.32 Å². The van der Waals surface area contributed by atoms with E-state index in [-0.39, 0.29) is 12.1 Å². The van der Waals surface area contributed by atoms with E-state index in [0.717, 1.165) is 12.0 Å². The van der Waals surface area contributed by atoms with Crippen LogP contribution in [0.3, 0.4) is 0 Å². The van der Waals surface area contributed by atoms with Crippen molar-refractivity contribution < 1.29 is 9.47 Å². The second kappa shape index (κ2) is 6.15. The maximum atomic E-state index is 9.38. The predicted octanol–water partition coefficient (Wildman–Crippen LogP) is 3.16. The first kappa shape index (κ1) is 16.0. The fourth-order valence-corrected chi connectivity index (χ4v) is 2.48. The van der Waals surface area contributed by atoms with Gasteiger partial charge in [0.05, 0.1) is 18.7 Å². The summed E-state index contributed by atoms with van der Waals surface area (Å²) in [6.07, 6.45) is 0.597. The van der Waals surface area contributed by atoms with Gasteiger partial charge in [0.1, 0.15) is 11.6 Å². The van der Waals surface area contributed by atoms with Crippen LogP contribution in [0.2, 0.25) is 0 Å². The predicted molar refractivity (Wildman–Crippen MR) is 81.5 cm³/mol. The number of nitrogens with one attached hydrogen (secondary N) is 1. The normalized spacial score (nSPS) is 27.6. The third kappa shape index (κ3) is 3.82. The molecule has 0 amide bonds. The van der Waals surface area contributed by atoms with Gasteiger partial charge in [-0.3, -0.25) is 5.32 Å². The van der Waals surface area contributed by atoms with Gasteiger partial charge < -0.3 is 9.47 Å². The van der Waals surface area contributed by atoms with E-state index in [1.54, 1.807) is 0 Å². The van der Waals surface area contributed by atoms with Gasteiger partial charge in [-0.15, -0.1) is 0 Å². The Labute approximate surface area is 127 Å². The Morgan fingerprint density at radius 2 is 2.05 bits per heavy atom. The summed E-state index contributed by atoms with van der Waals surface area (Å²) in [5, 5.41) is 12.8. The van der Waals surface area contributed by atoms with Crippen LogP contribution in [-0.2, 0) is 9.47 Å². The van der Waals surface area contributed by atoms with Gasteiger partial charge in [-0.05, 0) is 32.8 Å². The molecule has 3 atom stereocenters. The second-order valence-electron chi connectivity index (χ2n) is 6.21. The van der Waals surface area contributed by atoms with Crippen molar-refractivity contribution in [2.75, 3.05) is 6.61 Å². The topological polar surface area (TPSA) is 54.3 Å². The van der Waals surface area contributed by atoms with Crippen molar-refractivity contribution in [3.63, 3.8) is 0 Å². The van der Waals surface area contributed by atoms with Gasteiger partial charge in [0.25, 0.3) is 0 Å². The van der Waals surface area contributed by atoms with Crippen LogP contribution in [-0.4, -0.2) is 24.0 Å². The SMILES string of the molecule is CC[C@@](C)(C#N)N[C@H]1COC(C)(C)O[C@H]1c1ccccc1. The Kier molecular flexibility index (Phi) is 4.67. The summed E-state index contributed by atoms with van der Waals surface area (Å²) in [6.45, 7) is 8.27. The van der Waals surface area contributed by atoms with Gasteiger partial charge in [0, 0.05) is 0 Å². The standard InChI is InChI=1S/C17H24N2O2/c1-5-17(4,12-18)19-14-11-20-16(2,3)21-15(14)13-9-7-6-8-10-13/h6-10,14-15,19H,5,11H2,1-4H3/t14-,15-,17-/m0/s1. The smallest absolute Gasteiger partial charge is 0.163 e. The molecule has 21 heavy (non-hydrogen) atoms. The summed E-state index contributed by atoms with van der Waals surface area (Å²) in [4.78, 5) is 0. The number of benzene rings is 1. The minimum Gasteiger partial charge on any atom is -0.349 e. The quantitative estimate of drug-likeness (QED) is 0.924. The first-order valence-corrected chi connectivity index (χ1v) is 7.45. The van der Waals surface area contributed by atoms with E-state index in [1.165, 1.54) is 0 Å². The Morgan fingerprint density at radius 3 is 2.62 bits per heavy atom. The van der Waals surface area contributed by atoms with Gasteiger partial charge >= 0.3 is 0 Å². The lowest BCUT2D eigenvalue weighted by Crippen LogP contribution is -2.56. The summed E-state index contributed by atoms with van der Waals surface area (Å²) in [6, 6.07) is 12.4. The molecule has 0 aliphatic carbocycles. The Hall–Kier alpha value is -1.41. The van der Waals surface area contributed by atoms with Crippen LogP contribution in [0, 0.1) is 11.3 Å². The third-order valence-corrected chi connectivity index (χ3v) is 3.97. The zero-order valence-corrected chi connectivity index (χ0v) is 13.2. The molecule has 1 fully saturated rings. The first-order chi connectivity index (χ1) is 9.89. The maximum Gasteiger partial charge on any atom is 0.163 e. The minimum atomic E-state index is -0.617. The van der Waals surface area contributed by atoms with E-state index in [2.05, 4.69) is 23.5 Å². The summed E-state index contributed by atoms with van der Waals surface area (Å²) in [5.74, 6) is -0.617. The zero-order valence-electron chi connectivity index (χ0n) is 13.2. The van der Waals surface area contributed by atoms with Crippen molar-refractivity contribution in [3.05, 3.63) is 35.9 Å². The highest BCUT2D eigenvalue weighted by Gasteiger charge is 2.40. The number of hydrogen-bond acceptors (Lipinski definition) is 4. The van der Waals surface area contributed by atoms with E-state index in [1.807, 2.05) is 45.9 Å². The summed E-state index contributed by atoms with van der Waals surface area (Å²) in [5.41, 5.74) is 0.522. The molecule has 1 heterocycles. The first-order valence-electron chi connectivity index (χ1n) is 7.45. The van der Waals surface area contributed by atoms with E-state index in [0.29, 0.717) is 6.61 Å². The highest BCUT2D eigenvalue weighted by Crippen LogP contribution is 2.33. The molecule has 0 radical (unpaired) electrons. The van der Waals surface area contributed by atoms with Crippen LogP contribution in [0.1, 0.15) is 45.8 Å². The van der Waals surface area contributed by atoms with E-state index < -0.39 is 11.3 Å². The molecular formula is C17H24N2O2. The van der Waals surface area contributed by atoms with Crippen molar-refractivity contribution in [2.24, 2.45) is 0 Å². The van der Waals surface area contributed by atoms with Crippen molar-refractivity contribution in [1.29, 1.82) is 5.26 Å². The van der Waals surface area contributed by atoms with Gasteiger partial charge in [-0.1, -0.05) is 37.3 Å². The number of nitriles is 1. The van der Waals surface area contributed by atoms with Gasteiger partial charge in [0.15, 0.2) is 5.79 Å². The number of ether oxygens (including phenoxy) is 2. The van der Waals surface area contributed by atoms with Crippen molar-refractivity contribution in [2.45, 2.75) is 57.6 Å². The molecule has 0 aromatic heterocycles. The van der Waals surface area contributed by atoms with E-state index >= 15 is 0 Å². The molecule has 4 nitrogen and oxygen atoms in total. The van der Waals surface area contributed by atoms with Crippen LogP contribution in [0.15, 0.2) is 30.3 Å². The molecule has 1 saturated heterocycles. The minimum absolute atomic E-state index is 0.0509. The molecule has 1 aliphatic rings. The Morgan fingerprint density at radius 1 is 1.38 bits per heavy atom. The summed E-state index contributed by atoms with van der Waals surface area (Å²) < 4.78 is 11.9. The van der Waals surface area contributed by atoms with Gasteiger partial charge in [-0.25, -0.2) is 0 Å². The molecule has 114 valence electrons. The molecule has 1 N–H and O–H groups in total. The molecule has 4 heteroatoms. The van der Waals surface area contributed by atoms with Crippen LogP contribution in [0.5, 0.6) is 0 Å². The number of nitrogens with zero attached hydrogens (tertiary/aromatic N) is 1. The molecule has 1 aliphatic heterocycles. The molecule has 2 rings (SSSR count). The van der Waals surface area contributed by atoms with E-state index in [9.17, 15) is 5.26 Å².